The van der Waals surface area contributed by atoms with Crippen molar-refractivity contribution in [2.75, 3.05) is 29.9 Å². The zero-order chi connectivity index (χ0) is 27.2. The van der Waals surface area contributed by atoms with Crippen molar-refractivity contribution in [1.82, 2.24) is 5.32 Å². The van der Waals surface area contributed by atoms with E-state index in [4.69, 9.17) is 16.3 Å². The Balaban J connectivity index is 0.00000420. The van der Waals surface area contributed by atoms with Crippen LogP contribution in [0.2, 0.25) is 5.02 Å². The molecule has 0 bridgehead atoms. The van der Waals surface area contributed by atoms with Gasteiger partial charge in [-0.05, 0) is 80.3 Å². The maximum absolute atomic E-state index is 13.8. The van der Waals surface area contributed by atoms with Crippen molar-refractivity contribution >= 4 is 47.2 Å². The largest absolute Gasteiger partial charge is 0.372 e. The number of hydrogen-bond donors (Lipinski definition) is 2. The highest BCUT2D eigenvalue weighted by Gasteiger charge is 2.28. The number of anilines is 2. The molecule has 0 spiro atoms. The zero-order valence-electron chi connectivity index (χ0n) is 22.9. The molecule has 39 heavy (non-hydrogen) atoms. The van der Waals surface area contributed by atoms with Crippen LogP contribution in [0.5, 0.6) is 0 Å². The summed E-state index contributed by atoms with van der Waals surface area (Å²) in [7, 11) is 0. The number of halogens is 2. The smallest absolute Gasteiger partial charge is 0.258 e. The molecule has 2 amide bonds. The average Bonchev–Trinajstić information content (AvgIpc) is 3.05. The van der Waals surface area contributed by atoms with Crippen LogP contribution in [0.4, 0.5) is 11.4 Å². The third kappa shape index (κ3) is 7.61. The van der Waals surface area contributed by atoms with Gasteiger partial charge in [-0.3, -0.25) is 9.59 Å². The summed E-state index contributed by atoms with van der Waals surface area (Å²) >= 11 is 6.37. The standard InChI is InChI=1S/C31H36ClN3O3.ClH/c1-20(2)33-15-17-38-29-10-7-16-35(28-14-11-23(32)19-27(28)29)31(37)26-13-12-24(18-22(26)4)34-30(36)25-9-6-5-8-21(25)3;/h5-6,8-9,11-14,18-20,29,33H,7,10,15-17H2,1-4H3,(H,34,36);1H. The Morgan fingerprint density at radius 3 is 2.51 bits per heavy atom. The normalized spacial score (nSPS) is 14.8. The predicted molar refractivity (Wildman–Crippen MR) is 162 cm³/mol. The van der Waals surface area contributed by atoms with E-state index in [0.717, 1.165) is 41.8 Å². The van der Waals surface area contributed by atoms with E-state index < -0.39 is 0 Å². The zero-order valence-corrected chi connectivity index (χ0v) is 24.5. The second kappa shape index (κ2) is 13.9. The fourth-order valence-corrected chi connectivity index (χ4v) is 5.01. The number of ether oxygens (including phenoxy) is 1. The van der Waals surface area contributed by atoms with E-state index in [9.17, 15) is 9.59 Å². The predicted octanol–water partition coefficient (Wildman–Crippen LogP) is 7.13. The van der Waals surface area contributed by atoms with Crippen molar-refractivity contribution in [3.63, 3.8) is 0 Å². The second-order valence-corrected chi connectivity index (χ2v) is 10.5. The first kappa shape index (κ1) is 30.6. The van der Waals surface area contributed by atoms with Crippen LogP contribution in [0, 0.1) is 13.8 Å². The van der Waals surface area contributed by atoms with Crippen molar-refractivity contribution in [3.05, 3.63) is 93.5 Å². The first-order valence-electron chi connectivity index (χ1n) is 13.2. The molecule has 8 heteroatoms. The molecule has 0 saturated carbocycles. The van der Waals surface area contributed by atoms with Crippen LogP contribution in [0.1, 0.15) is 70.2 Å². The van der Waals surface area contributed by atoms with Crippen LogP contribution in [0.3, 0.4) is 0 Å². The Bertz CT molecular complexity index is 1310. The van der Waals surface area contributed by atoms with Crippen LogP contribution >= 0.6 is 24.0 Å². The van der Waals surface area contributed by atoms with Gasteiger partial charge in [0.2, 0.25) is 0 Å². The lowest BCUT2D eigenvalue weighted by Gasteiger charge is -2.25. The molecule has 1 aliphatic heterocycles. The molecule has 1 atom stereocenters. The topological polar surface area (TPSA) is 70.7 Å². The van der Waals surface area contributed by atoms with E-state index in [1.54, 1.807) is 18.2 Å². The first-order chi connectivity index (χ1) is 18.2. The van der Waals surface area contributed by atoms with Crippen molar-refractivity contribution < 1.29 is 14.3 Å². The third-order valence-electron chi connectivity index (χ3n) is 6.80. The summed E-state index contributed by atoms with van der Waals surface area (Å²) in [5.41, 5.74) is 5.35. The SMILES string of the molecule is Cc1ccccc1C(=O)Nc1ccc(C(=O)N2CCCC(OCCNC(C)C)c3cc(Cl)ccc32)c(C)c1.Cl. The quantitative estimate of drug-likeness (QED) is 0.283. The van der Waals surface area contributed by atoms with Gasteiger partial charge in [-0.1, -0.05) is 43.6 Å². The molecule has 2 N–H and O–H groups in total. The summed E-state index contributed by atoms with van der Waals surface area (Å²) in [6.45, 7) is 9.95. The fraction of sp³-hybridized carbons (Fsp3) is 0.355. The maximum Gasteiger partial charge on any atom is 0.258 e. The molecule has 208 valence electrons. The lowest BCUT2D eigenvalue weighted by molar-refractivity contribution is 0.0485. The number of rotatable bonds is 8. The Hall–Kier alpha value is -2.90. The number of carbonyl (C=O) groups is 2. The molecule has 4 rings (SSSR count). The van der Waals surface area contributed by atoms with Gasteiger partial charge in [0, 0.05) is 52.2 Å². The average molecular weight is 571 g/mol. The van der Waals surface area contributed by atoms with E-state index in [1.165, 1.54) is 0 Å². The van der Waals surface area contributed by atoms with Crippen molar-refractivity contribution in [1.29, 1.82) is 0 Å². The molecule has 1 aliphatic rings. The van der Waals surface area contributed by atoms with Gasteiger partial charge in [-0.25, -0.2) is 0 Å². The van der Waals surface area contributed by atoms with E-state index in [2.05, 4.69) is 24.5 Å². The molecule has 0 radical (unpaired) electrons. The van der Waals surface area contributed by atoms with Gasteiger partial charge in [0.25, 0.3) is 11.8 Å². The number of benzene rings is 3. The van der Waals surface area contributed by atoms with Crippen LogP contribution in [0.15, 0.2) is 60.7 Å². The lowest BCUT2D eigenvalue weighted by Crippen LogP contribution is -2.32. The second-order valence-electron chi connectivity index (χ2n) is 10.1. The molecule has 3 aromatic rings. The number of carbonyl (C=O) groups excluding carboxylic acids is 2. The van der Waals surface area contributed by atoms with Gasteiger partial charge in [0.15, 0.2) is 0 Å². The molecule has 1 heterocycles. The Kier molecular flexibility index (Phi) is 11.0. The molecular formula is C31H37Cl2N3O3. The van der Waals surface area contributed by atoms with Gasteiger partial charge in [-0.2, -0.15) is 0 Å². The summed E-state index contributed by atoms with van der Waals surface area (Å²) in [6.07, 6.45) is 1.49. The summed E-state index contributed by atoms with van der Waals surface area (Å²) in [4.78, 5) is 28.4. The summed E-state index contributed by atoms with van der Waals surface area (Å²) in [5.74, 6) is -0.250. The molecular weight excluding hydrogens is 533 g/mol. The highest BCUT2D eigenvalue weighted by Crippen LogP contribution is 2.38. The number of nitrogens with zero attached hydrogens (tertiary/aromatic N) is 1. The Labute approximate surface area is 242 Å². The van der Waals surface area contributed by atoms with E-state index in [-0.39, 0.29) is 30.3 Å². The number of hydrogen-bond acceptors (Lipinski definition) is 4. The summed E-state index contributed by atoms with van der Waals surface area (Å²) in [5, 5.41) is 6.95. The van der Waals surface area contributed by atoms with Crippen molar-refractivity contribution in [2.24, 2.45) is 0 Å². The minimum absolute atomic E-state index is 0. The minimum Gasteiger partial charge on any atom is -0.372 e. The number of nitrogens with one attached hydrogen (secondary N) is 2. The molecule has 3 aromatic carbocycles. The summed E-state index contributed by atoms with van der Waals surface area (Å²) in [6, 6.07) is 18.9. The Morgan fingerprint density at radius 1 is 1.03 bits per heavy atom. The molecule has 1 unspecified atom stereocenters. The Morgan fingerprint density at radius 2 is 1.79 bits per heavy atom. The van der Waals surface area contributed by atoms with Gasteiger partial charge in [0.1, 0.15) is 0 Å². The minimum atomic E-state index is -0.172. The van der Waals surface area contributed by atoms with E-state index in [0.29, 0.717) is 41.0 Å². The summed E-state index contributed by atoms with van der Waals surface area (Å²) < 4.78 is 6.25. The van der Waals surface area contributed by atoms with Crippen LogP contribution < -0.4 is 15.5 Å². The van der Waals surface area contributed by atoms with Crippen LogP contribution in [-0.4, -0.2) is 37.6 Å². The number of fused-ring (bicyclic) bond motifs is 1. The van der Waals surface area contributed by atoms with Gasteiger partial charge < -0.3 is 20.3 Å². The molecule has 0 fully saturated rings. The van der Waals surface area contributed by atoms with Crippen LogP contribution in [-0.2, 0) is 4.74 Å². The van der Waals surface area contributed by atoms with E-state index in [1.807, 2.05) is 61.2 Å². The van der Waals surface area contributed by atoms with Crippen molar-refractivity contribution in [3.8, 4) is 0 Å². The highest BCUT2D eigenvalue weighted by molar-refractivity contribution is 6.30. The van der Waals surface area contributed by atoms with Gasteiger partial charge >= 0.3 is 0 Å². The fourth-order valence-electron chi connectivity index (χ4n) is 4.83. The first-order valence-corrected chi connectivity index (χ1v) is 13.6. The van der Waals surface area contributed by atoms with Gasteiger partial charge in [0.05, 0.1) is 12.7 Å². The van der Waals surface area contributed by atoms with Gasteiger partial charge in [-0.15, -0.1) is 12.4 Å². The highest BCUT2D eigenvalue weighted by atomic mass is 35.5. The molecule has 0 aliphatic carbocycles. The van der Waals surface area contributed by atoms with Crippen LogP contribution in [0.25, 0.3) is 0 Å². The van der Waals surface area contributed by atoms with E-state index >= 15 is 0 Å². The molecule has 0 aromatic heterocycles. The molecule has 6 nitrogen and oxygen atoms in total. The monoisotopic (exact) mass is 569 g/mol. The third-order valence-corrected chi connectivity index (χ3v) is 7.03. The number of amides is 2. The van der Waals surface area contributed by atoms with Crippen molar-refractivity contribution in [2.45, 2.75) is 52.7 Å². The maximum atomic E-state index is 13.8. The lowest BCUT2D eigenvalue weighted by atomic mass is 10.0. The number of aryl methyl sites for hydroxylation is 2. The molecule has 0 saturated heterocycles.